The molecule has 106 valence electrons. The zero-order valence-electron chi connectivity index (χ0n) is 11.1. The predicted octanol–water partition coefficient (Wildman–Crippen LogP) is 2.61. The van der Waals surface area contributed by atoms with E-state index in [2.05, 4.69) is 17.2 Å². The van der Waals surface area contributed by atoms with Gasteiger partial charge in [0.05, 0.1) is 5.69 Å². The summed E-state index contributed by atoms with van der Waals surface area (Å²) in [6.45, 7) is 2.24. The minimum Gasteiger partial charge on any atom is -0.480 e. The second kappa shape index (κ2) is 6.34. The van der Waals surface area contributed by atoms with Crippen LogP contribution in [-0.4, -0.2) is 22.1 Å². The van der Waals surface area contributed by atoms with Crippen molar-refractivity contribution in [3.05, 3.63) is 11.1 Å². The van der Waals surface area contributed by atoms with Crippen molar-refractivity contribution in [2.75, 3.05) is 5.32 Å². The van der Waals surface area contributed by atoms with E-state index in [4.69, 9.17) is 10.8 Å². The molecule has 6 heteroatoms. The van der Waals surface area contributed by atoms with Gasteiger partial charge in [-0.1, -0.05) is 26.2 Å². The molecule has 0 saturated heterocycles. The number of hydrogen-bond acceptors (Lipinski definition) is 5. The molecule has 0 aromatic carbocycles. The summed E-state index contributed by atoms with van der Waals surface area (Å²) in [5, 5.41) is 14.8. The van der Waals surface area contributed by atoms with E-state index in [-0.39, 0.29) is 0 Å². The Balaban J connectivity index is 1.94. The summed E-state index contributed by atoms with van der Waals surface area (Å²) in [6, 6.07) is -0.569. The van der Waals surface area contributed by atoms with Gasteiger partial charge in [-0.15, -0.1) is 11.3 Å². The molecule has 0 amide bonds. The Morgan fingerprint density at radius 2 is 2.47 bits per heavy atom. The number of carbonyl (C=O) groups is 1. The molecular formula is C13H21N3O2S. The zero-order chi connectivity index (χ0) is 13.8. The van der Waals surface area contributed by atoms with Gasteiger partial charge in [-0.25, -0.2) is 4.98 Å². The summed E-state index contributed by atoms with van der Waals surface area (Å²) in [5.41, 5.74) is 5.98. The van der Waals surface area contributed by atoms with Crippen LogP contribution in [0.3, 0.4) is 0 Å². The minimum absolute atomic E-state index is 0.433. The average Bonchev–Trinajstić information content (AvgIpc) is 2.86. The molecule has 1 saturated carbocycles. The van der Waals surface area contributed by atoms with Crippen LogP contribution in [-0.2, 0) is 4.79 Å². The van der Waals surface area contributed by atoms with Gasteiger partial charge < -0.3 is 16.2 Å². The smallest absolute Gasteiger partial charge is 0.326 e. The van der Waals surface area contributed by atoms with Crippen molar-refractivity contribution in [2.24, 2.45) is 11.7 Å². The number of aromatic nitrogens is 1. The number of thiazole rings is 1. The number of rotatable bonds is 5. The third-order valence-corrected chi connectivity index (χ3v) is 4.59. The summed E-state index contributed by atoms with van der Waals surface area (Å²) in [7, 11) is 0. The lowest BCUT2D eigenvalue weighted by Crippen LogP contribution is -2.27. The molecule has 0 bridgehead atoms. The van der Waals surface area contributed by atoms with Crippen LogP contribution in [0, 0.1) is 5.92 Å². The van der Waals surface area contributed by atoms with Crippen molar-refractivity contribution in [3.8, 4) is 0 Å². The summed E-state index contributed by atoms with van der Waals surface area (Å²) >= 11 is 1.43. The van der Waals surface area contributed by atoms with Crippen molar-refractivity contribution in [1.82, 2.24) is 4.98 Å². The number of aliphatic carboxylic acids is 1. The van der Waals surface area contributed by atoms with Gasteiger partial charge in [0.2, 0.25) is 0 Å². The highest BCUT2D eigenvalue weighted by molar-refractivity contribution is 7.13. The molecule has 1 aromatic rings. The van der Waals surface area contributed by atoms with Gasteiger partial charge in [0.1, 0.15) is 6.04 Å². The maximum Gasteiger partial charge on any atom is 0.326 e. The molecule has 0 spiro atoms. The fraction of sp³-hybridized carbons (Fsp3) is 0.692. The van der Waals surface area contributed by atoms with E-state index >= 15 is 0 Å². The van der Waals surface area contributed by atoms with Crippen molar-refractivity contribution in [3.63, 3.8) is 0 Å². The molecule has 1 aromatic heterocycles. The molecule has 19 heavy (non-hydrogen) atoms. The van der Waals surface area contributed by atoms with E-state index in [0.717, 1.165) is 17.5 Å². The van der Waals surface area contributed by atoms with Crippen molar-refractivity contribution in [1.29, 1.82) is 0 Å². The van der Waals surface area contributed by atoms with E-state index in [1.54, 1.807) is 5.38 Å². The third kappa shape index (κ3) is 3.67. The number of nitrogens with two attached hydrogens (primary N) is 1. The molecule has 3 unspecified atom stereocenters. The fourth-order valence-corrected chi connectivity index (χ4v) is 3.41. The lowest BCUT2D eigenvalue weighted by Gasteiger charge is -2.28. The minimum atomic E-state index is -1.04. The number of carboxylic acids is 1. The first-order chi connectivity index (χ1) is 9.10. The highest BCUT2D eigenvalue weighted by Crippen LogP contribution is 2.30. The molecule has 4 N–H and O–H groups in total. The molecule has 0 aliphatic heterocycles. The monoisotopic (exact) mass is 283 g/mol. The van der Waals surface area contributed by atoms with E-state index in [0.29, 0.717) is 11.7 Å². The first kappa shape index (κ1) is 14.3. The summed E-state index contributed by atoms with van der Waals surface area (Å²) in [5.74, 6) is -0.243. The Morgan fingerprint density at radius 3 is 3.16 bits per heavy atom. The van der Waals surface area contributed by atoms with Crippen molar-refractivity contribution < 1.29 is 9.90 Å². The van der Waals surface area contributed by atoms with Crippen molar-refractivity contribution in [2.45, 2.75) is 51.1 Å². The van der Waals surface area contributed by atoms with Gasteiger partial charge in [-0.3, -0.25) is 4.79 Å². The maximum absolute atomic E-state index is 10.8. The Labute approximate surface area is 117 Å². The van der Waals surface area contributed by atoms with Gasteiger partial charge in [0, 0.05) is 11.4 Å². The van der Waals surface area contributed by atoms with E-state index in [1.807, 2.05) is 0 Å². The summed E-state index contributed by atoms with van der Waals surface area (Å²) < 4.78 is 0. The van der Waals surface area contributed by atoms with Crippen LogP contribution in [0.1, 0.15) is 50.8 Å². The predicted molar refractivity (Wildman–Crippen MR) is 76.3 cm³/mol. The number of nitrogens with one attached hydrogen (secondary N) is 1. The van der Waals surface area contributed by atoms with Crippen LogP contribution in [0.2, 0.25) is 0 Å². The molecule has 0 radical (unpaired) electrons. The lowest BCUT2D eigenvalue weighted by atomic mass is 9.84. The zero-order valence-corrected chi connectivity index (χ0v) is 11.9. The molecule has 5 nitrogen and oxygen atoms in total. The first-order valence-electron chi connectivity index (χ1n) is 6.80. The Bertz CT molecular complexity index is 435. The molecule has 3 atom stereocenters. The topological polar surface area (TPSA) is 88.2 Å². The Hall–Kier alpha value is -1.14. The molecular weight excluding hydrogens is 262 g/mol. The summed E-state index contributed by atoms with van der Waals surface area (Å²) in [4.78, 5) is 15.1. The third-order valence-electron chi connectivity index (χ3n) is 3.79. The van der Waals surface area contributed by atoms with Crippen LogP contribution in [0.4, 0.5) is 5.13 Å². The van der Waals surface area contributed by atoms with Gasteiger partial charge in [0.15, 0.2) is 5.13 Å². The quantitative estimate of drug-likeness (QED) is 0.773. The molecule has 1 heterocycles. The normalized spacial score (nSPS) is 24.9. The van der Waals surface area contributed by atoms with Gasteiger partial charge in [-0.05, 0) is 18.8 Å². The second-order valence-corrected chi connectivity index (χ2v) is 6.03. The Morgan fingerprint density at radius 1 is 1.68 bits per heavy atom. The largest absolute Gasteiger partial charge is 0.480 e. The lowest BCUT2D eigenvalue weighted by molar-refractivity contribution is -0.138. The van der Waals surface area contributed by atoms with E-state index < -0.39 is 12.0 Å². The molecule has 1 aliphatic rings. The first-order valence-corrected chi connectivity index (χ1v) is 7.68. The van der Waals surface area contributed by atoms with E-state index in [1.165, 1.54) is 37.0 Å². The number of nitrogens with zero attached hydrogens (tertiary/aromatic N) is 1. The average molecular weight is 283 g/mol. The number of carboxylic acid groups (broad SMARTS) is 1. The van der Waals surface area contributed by atoms with Gasteiger partial charge in [-0.2, -0.15) is 0 Å². The maximum atomic E-state index is 10.8. The fourth-order valence-electron chi connectivity index (χ4n) is 2.59. The van der Waals surface area contributed by atoms with E-state index in [9.17, 15) is 4.79 Å². The second-order valence-electron chi connectivity index (χ2n) is 5.18. The number of hydrogen-bond donors (Lipinski definition) is 3. The number of anilines is 1. The van der Waals surface area contributed by atoms with Crippen LogP contribution in [0.25, 0.3) is 0 Å². The Kier molecular flexibility index (Phi) is 4.76. The van der Waals surface area contributed by atoms with Gasteiger partial charge in [0.25, 0.3) is 0 Å². The van der Waals surface area contributed by atoms with Crippen LogP contribution >= 0.6 is 11.3 Å². The SMILES string of the molecule is CCC1CCCC(Nc2nc(C(N)C(=O)O)cs2)C1. The van der Waals surface area contributed by atoms with Crippen molar-refractivity contribution >= 4 is 22.4 Å². The standard InChI is InChI=1S/C13H21N3O2S/c1-2-8-4-3-5-9(6-8)15-13-16-10(7-19-13)11(14)12(17)18/h7-9,11H,2-6,14H2,1H3,(H,15,16)(H,17,18). The highest BCUT2D eigenvalue weighted by atomic mass is 32.1. The van der Waals surface area contributed by atoms with Crippen LogP contribution in [0.15, 0.2) is 5.38 Å². The van der Waals surface area contributed by atoms with Crippen LogP contribution < -0.4 is 11.1 Å². The molecule has 2 rings (SSSR count). The summed E-state index contributed by atoms with van der Waals surface area (Å²) in [6.07, 6.45) is 6.14. The van der Waals surface area contributed by atoms with Crippen LogP contribution in [0.5, 0.6) is 0 Å². The van der Waals surface area contributed by atoms with Gasteiger partial charge >= 0.3 is 5.97 Å². The highest BCUT2D eigenvalue weighted by Gasteiger charge is 2.22. The molecule has 1 aliphatic carbocycles. The molecule has 1 fully saturated rings.